The molecule has 8 nitrogen and oxygen atoms in total. The second kappa shape index (κ2) is 11.9. The van der Waals surface area contributed by atoms with E-state index in [1.807, 2.05) is 30.3 Å². The molecule has 0 aliphatic carbocycles. The summed E-state index contributed by atoms with van der Waals surface area (Å²) in [7, 11) is 1.61. The van der Waals surface area contributed by atoms with Gasteiger partial charge < -0.3 is 19.3 Å². The fraction of sp³-hybridized carbons (Fsp3) is 0.250. The largest absolute Gasteiger partial charge is 0.497 e. The van der Waals surface area contributed by atoms with Gasteiger partial charge in [0.15, 0.2) is 5.75 Å². The summed E-state index contributed by atoms with van der Waals surface area (Å²) in [6, 6.07) is 19.8. The van der Waals surface area contributed by atoms with Gasteiger partial charge in [-0.05, 0) is 80.5 Å². The van der Waals surface area contributed by atoms with Crippen LogP contribution in [0.1, 0.15) is 18.7 Å². The molecule has 0 unspecified atom stereocenters. The van der Waals surface area contributed by atoms with E-state index >= 15 is 0 Å². The van der Waals surface area contributed by atoms with Gasteiger partial charge in [0.2, 0.25) is 17.6 Å². The summed E-state index contributed by atoms with van der Waals surface area (Å²) >= 11 is 12.5. The highest BCUT2D eigenvalue weighted by Gasteiger charge is 2.27. The number of nitrogens with one attached hydrogen (secondary N) is 1. The van der Waals surface area contributed by atoms with E-state index in [9.17, 15) is 4.79 Å². The van der Waals surface area contributed by atoms with Crippen molar-refractivity contribution < 1.29 is 18.8 Å². The lowest BCUT2D eigenvalue weighted by Crippen LogP contribution is -2.37. The van der Waals surface area contributed by atoms with Gasteiger partial charge in [-0.3, -0.25) is 9.69 Å². The van der Waals surface area contributed by atoms with Crippen LogP contribution in [0.25, 0.3) is 11.4 Å². The number of rotatable bonds is 8. The Labute approximate surface area is 230 Å². The van der Waals surface area contributed by atoms with Crippen LogP contribution in [0, 0.1) is 5.92 Å². The second-order valence-corrected chi connectivity index (χ2v) is 9.79. The molecule has 0 saturated carbocycles. The minimum atomic E-state index is -0.138. The van der Waals surface area contributed by atoms with Gasteiger partial charge in [0.05, 0.1) is 24.4 Å². The number of anilines is 1. The van der Waals surface area contributed by atoms with Crippen molar-refractivity contribution >= 4 is 34.8 Å². The second-order valence-electron chi connectivity index (χ2n) is 8.95. The number of benzene rings is 3. The lowest BCUT2D eigenvalue weighted by atomic mass is 9.96. The molecule has 0 radical (unpaired) electrons. The number of hydrogen-bond donors (Lipinski definition) is 1. The third kappa shape index (κ3) is 6.27. The monoisotopic (exact) mass is 552 g/mol. The highest BCUT2D eigenvalue weighted by Crippen LogP contribution is 2.34. The smallest absolute Gasteiger partial charge is 0.241 e. The molecule has 1 amide bonds. The zero-order valence-electron chi connectivity index (χ0n) is 20.7. The molecular weight excluding hydrogens is 527 g/mol. The lowest BCUT2D eigenvalue weighted by Gasteiger charge is -2.30. The van der Waals surface area contributed by atoms with E-state index in [2.05, 4.69) is 20.4 Å². The van der Waals surface area contributed by atoms with E-state index in [1.54, 1.807) is 43.5 Å². The third-order valence-corrected chi connectivity index (χ3v) is 6.95. The molecule has 1 N–H and O–H groups in total. The Morgan fingerprint density at radius 3 is 2.53 bits per heavy atom. The van der Waals surface area contributed by atoms with Crippen LogP contribution in [0.2, 0.25) is 10.0 Å². The van der Waals surface area contributed by atoms with Crippen LogP contribution < -0.4 is 14.8 Å². The number of methoxy groups -OCH3 is 1. The Hall–Kier alpha value is -3.59. The molecule has 4 aromatic rings. The van der Waals surface area contributed by atoms with E-state index < -0.39 is 0 Å². The van der Waals surface area contributed by atoms with Crippen LogP contribution in [-0.4, -0.2) is 41.1 Å². The van der Waals surface area contributed by atoms with Crippen molar-refractivity contribution in [1.29, 1.82) is 0 Å². The summed E-state index contributed by atoms with van der Waals surface area (Å²) in [6.45, 7) is 1.97. The van der Waals surface area contributed by atoms with Crippen molar-refractivity contribution in [3.63, 3.8) is 0 Å². The maximum absolute atomic E-state index is 13.1. The Morgan fingerprint density at radius 1 is 1.05 bits per heavy atom. The molecule has 38 heavy (non-hydrogen) atoms. The average molecular weight is 553 g/mol. The Balaban J connectivity index is 1.17. The van der Waals surface area contributed by atoms with Crippen LogP contribution in [-0.2, 0) is 11.3 Å². The predicted octanol–water partition coefficient (Wildman–Crippen LogP) is 6.70. The van der Waals surface area contributed by atoms with Crippen molar-refractivity contribution in [2.75, 3.05) is 25.5 Å². The highest BCUT2D eigenvalue weighted by atomic mass is 35.5. The van der Waals surface area contributed by atoms with Crippen LogP contribution in [0.4, 0.5) is 5.69 Å². The first-order chi connectivity index (χ1) is 18.5. The van der Waals surface area contributed by atoms with E-state index in [1.165, 1.54) is 0 Å². The van der Waals surface area contributed by atoms with Crippen molar-refractivity contribution in [3.8, 4) is 28.6 Å². The van der Waals surface area contributed by atoms with Gasteiger partial charge in [0.25, 0.3) is 0 Å². The van der Waals surface area contributed by atoms with Crippen molar-refractivity contribution in [1.82, 2.24) is 15.0 Å². The third-order valence-electron chi connectivity index (χ3n) is 6.39. The SMILES string of the molecule is COc1ccc(Oc2ccc(Cl)cc2NC(=O)C2CCN(Cc3nc(-c4ccccc4Cl)no3)CC2)cc1. The summed E-state index contributed by atoms with van der Waals surface area (Å²) in [6.07, 6.45) is 1.40. The minimum Gasteiger partial charge on any atom is -0.497 e. The van der Waals surface area contributed by atoms with E-state index in [0.717, 1.165) is 24.4 Å². The van der Waals surface area contributed by atoms with E-state index in [4.69, 9.17) is 37.2 Å². The number of likely N-dealkylation sites (tertiary alicyclic amines) is 1. The molecule has 1 fully saturated rings. The molecule has 0 bridgehead atoms. The number of hydrogen-bond acceptors (Lipinski definition) is 7. The predicted molar refractivity (Wildman–Crippen MR) is 146 cm³/mol. The van der Waals surface area contributed by atoms with Gasteiger partial charge in [-0.25, -0.2) is 0 Å². The van der Waals surface area contributed by atoms with Crippen molar-refractivity contribution in [2.24, 2.45) is 5.92 Å². The van der Waals surface area contributed by atoms with Gasteiger partial charge in [-0.15, -0.1) is 0 Å². The number of nitrogens with zero attached hydrogens (tertiary/aromatic N) is 3. The van der Waals surface area contributed by atoms with Crippen molar-refractivity contribution in [2.45, 2.75) is 19.4 Å². The molecule has 10 heteroatoms. The Bertz CT molecular complexity index is 1400. The fourth-order valence-corrected chi connectivity index (χ4v) is 4.70. The molecular formula is C28H26Cl2N4O4. The summed E-state index contributed by atoms with van der Waals surface area (Å²) in [5, 5.41) is 8.16. The van der Waals surface area contributed by atoms with Gasteiger partial charge >= 0.3 is 0 Å². The number of piperidine rings is 1. The first-order valence-electron chi connectivity index (χ1n) is 12.2. The summed E-state index contributed by atoms with van der Waals surface area (Å²) < 4.78 is 16.6. The highest BCUT2D eigenvalue weighted by molar-refractivity contribution is 6.33. The van der Waals surface area contributed by atoms with Gasteiger partial charge in [-0.1, -0.05) is 40.5 Å². The van der Waals surface area contributed by atoms with Crippen molar-refractivity contribution in [3.05, 3.63) is 82.7 Å². The zero-order chi connectivity index (χ0) is 26.5. The number of amides is 1. The molecule has 1 saturated heterocycles. The number of carbonyl (C=O) groups is 1. The summed E-state index contributed by atoms with van der Waals surface area (Å²) in [4.78, 5) is 19.8. The van der Waals surface area contributed by atoms with Crippen LogP contribution >= 0.6 is 23.2 Å². The van der Waals surface area contributed by atoms with Crippen LogP contribution in [0.15, 0.2) is 71.3 Å². The standard InChI is InChI=1S/C28H26Cl2N4O4/c1-36-20-7-9-21(10-8-20)37-25-11-6-19(29)16-24(25)31-28(35)18-12-14-34(15-13-18)17-26-32-27(33-38-26)22-4-2-3-5-23(22)30/h2-11,16,18H,12-15,17H2,1H3,(H,31,35). The van der Waals surface area contributed by atoms with E-state index in [-0.39, 0.29) is 11.8 Å². The molecule has 2 heterocycles. The van der Waals surface area contributed by atoms with Crippen LogP contribution in [0.5, 0.6) is 17.2 Å². The Kier molecular flexibility index (Phi) is 8.12. The molecule has 1 aliphatic heterocycles. The average Bonchev–Trinajstić information content (AvgIpc) is 3.39. The first-order valence-corrected chi connectivity index (χ1v) is 13.0. The number of aromatic nitrogens is 2. The molecule has 1 aliphatic rings. The quantitative estimate of drug-likeness (QED) is 0.260. The fourth-order valence-electron chi connectivity index (χ4n) is 4.31. The van der Waals surface area contributed by atoms with Crippen LogP contribution in [0.3, 0.4) is 0 Å². The summed E-state index contributed by atoms with van der Waals surface area (Å²) in [5.74, 6) is 2.64. The zero-order valence-corrected chi connectivity index (χ0v) is 22.2. The minimum absolute atomic E-state index is 0.0645. The molecule has 196 valence electrons. The maximum atomic E-state index is 13.1. The summed E-state index contributed by atoms with van der Waals surface area (Å²) in [5.41, 5.74) is 1.26. The molecule has 0 atom stereocenters. The first kappa shape index (κ1) is 26.0. The van der Waals surface area contributed by atoms with Gasteiger partial charge in [0, 0.05) is 16.5 Å². The maximum Gasteiger partial charge on any atom is 0.241 e. The topological polar surface area (TPSA) is 89.7 Å². The normalized spacial score (nSPS) is 14.3. The number of halogens is 2. The Morgan fingerprint density at radius 2 is 1.79 bits per heavy atom. The van der Waals surface area contributed by atoms with Gasteiger partial charge in [-0.2, -0.15) is 4.98 Å². The molecule has 0 spiro atoms. The number of carbonyl (C=O) groups excluding carboxylic acids is 1. The molecule has 3 aromatic carbocycles. The lowest BCUT2D eigenvalue weighted by molar-refractivity contribution is -0.121. The molecule has 1 aromatic heterocycles. The van der Waals surface area contributed by atoms with E-state index in [0.29, 0.717) is 58.3 Å². The van der Waals surface area contributed by atoms with Gasteiger partial charge in [0.1, 0.15) is 11.5 Å². The number of ether oxygens (including phenoxy) is 2. The molecule has 5 rings (SSSR count).